The third-order valence-electron chi connectivity index (χ3n) is 2.77. The Morgan fingerprint density at radius 2 is 2.22 bits per heavy atom. The molecule has 5 heteroatoms. The topological polar surface area (TPSA) is 41.1 Å². The summed E-state index contributed by atoms with van der Waals surface area (Å²) in [5.74, 6) is 0. The molecule has 0 aliphatic rings. The van der Waals surface area contributed by atoms with Crippen LogP contribution in [0.25, 0.3) is 0 Å². The highest BCUT2D eigenvalue weighted by molar-refractivity contribution is 7.09. The molecule has 2 heterocycles. The SMILES string of the molecule is CCNc1cncc(N(C)Cc2scnc2C)c1. The molecule has 0 aromatic carbocycles. The minimum atomic E-state index is 0.869. The molecule has 1 N–H and O–H groups in total. The van der Waals surface area contributed by atoms with Crippen molar-refractivity contribution >= 4 is 22.7 Å². The lowest BCUT2D eigenvalue weighted by atomic mass is 10.3. The smallest absolute Gasteiger partial charge is 0.0798 e. The van der Waals surface area contributed by atoms with E-state index in [1.807, 2.05) is 24.8 Å². The van der Waals surface area contributed by atoms with Gasteiger partial charge in [0.25, 0.3) is 0 Å². The molecule has 96 valence electrons. The van der Waals surface area contributed by atoms with E-state index in [4.69, 9.17) is 0 Å². The Hall–Kier alpha value is -1.62. The molecule has 0 saturated carbocycles. The van der Waals surface area contributed by atoms with Crippen LogP contribution in [0.15, 0.2) is 24.0 Å². The van der Waals surface area contributed by atoms with Crippen LogP contribution in [0.5, 0.6) is 0 Å². The second kappa shape index (κ2) is 5.82. The Morgan fingerprint density at radius 1 is 1.39 bits per heavy atom. The quantitative estimate of drug-likeness (QED) is 0.899. The molecular weight excluding hydrogens is 244 g/mol. The highest BCUT2D eigenvalue weighted by atomic mass is 32.1. The molecule has 0 amide bonds. The third-order valence-corrected chi connectivity index (χ3v) is 3.69. The van der Waals surface area contributed by atoms with Gasteiger partial charge in [-0.1, -0.05) is 0 Å². The molecule has 4 nitrogen and oxygen atoms in total. The molecule has 0 atom stereocenters. The molecule has 0 fully saturated rings. The molecule has 0 spiro atoms. The summed E-state index contributed by atoms with van der Waals surface area (Å²) in [5.41, 5.74) is 5.18. The van der Waals surface area contributed by atoms with Crippen LogP contribution in [0, 0.1) is 6.92 Å². The average molecular weight is 262 g/mol. The van der Waals surface area contributed by atoms with Crippen molar-refractivity contribution in [2.75, 3.05) is 23.8 Å². The van der Waals surface area contributed by atoms with E-state index in [0.29, 0.717) is 0 Å². The van der Waals surface area contributed by atoms with E-state index < -0.39 is 0 Å². The number of rotatable bonds is 5. The fraction of sp³-hybridized carbons (Fsp3) is 0.385. The lowest BCUT2D eigenvalue weighted by molar-refractivity contribution is 0.921. The number of pyridine rings is 1. The molecule has 2 rings (SSSR count). The number of thiazole rings is 1. The molecular formula is C13H18N4S. The van der Waals surface area contributed by atoms with Gasteiger partial charge in [0.2, 0.25) is 0 Å². The summed E-state index contributed by atoms with van der Waals surface area (Å²) in [7, 11) is 2.08. The largest absolute Gasteiger partial charge is 0.384 e. The summed E-state index contributed by atoms with van der Waals surface area (Å²) in [5, 5.41) is 3.27. The Morgan fingerprint density at radius 3 is 2.89 bits per heavy atom. The van der Waals surface area contributed by atoms with Crippen molar-refractivity contribution in [3.05, 3.63) is 34.5 Å². The van der Waals surface area contributed by atoms with Gasteiger partial charge >= 0.3 is 0 Å². The predicted octanol–water partition coefficient (Wildman–Crippen LogP) is 2.91. The standard InChI is InChI=1S/C13H18N4S/c1-4-15-11-5-12(7-14-6-11)17(3)8-13-10(2)16-9-18-13/h5-7,9,15H,4,8H2,1-3H3. The lowest BCUT2D eigenvalue weighted by Gasteiger charge is -2.19. The maximum atomic E-state index is 4.27. The fourth-order valence-electron chi connectivity index (χ4n) is 1.72. The molecule has 18 heavy (non-hydrogen) atoms. The van der Waals surface area contributed by atoms with Crippen LogP contribution < -0.4 is 10.2 Å². The highest BCUT2D eigenvalue weighted by Gasteiger charge is 2.07. The summed E-state index contributed by atoms with van der Waals surface area (Å²) < 4.78 is 0. The lowest BCUT2D eigenvalue weighted by Crippen LogP contribution is -2.16. The molecule has 0 aliphatic carbocycles. The van der Waals surface area contributed by atoms with Crippen LogP contribution >= 0.6 is 11.3 Å². The Balaban J connectivity index is 2.11. The molecule has 2 aromatic heterocycles. The normalized spacial score (nSPS) is 10.4. The first-order valence-corrected chi connectivity index (χ1v) is 6.87. The first-order valence-electron chi connectivity index (χ1n) is 5.99. The Kier molecular flexibility index (Phi) is 4.15. The molecule has 0 saturated heterocycles. The van der Waals surface area contributed by atoms with E-state index in [1.54, 1.807) is 11.3 Å². The van der Waals surface area contributed by atoms with Gasteiger partial charge in [0, 0.05) is 18.5 Å². The van der Waals surface area contributed by atoms with E-state index in [2.05, 4.69) is 40.2 Å². The van der Waals surface area contributed by atoms with E-state index in [0.717, 1.165) is 30.2 Å². The Labute approximate surface area is 112 Å². The van der Waals surface area contributed by atoms with Crippen molar-refractivity contribution in [1.29, 1.82) is 0 Å². The maximum absolute atomic E-state index is 4.27. The van der Waals surface area contributed by atoms with E-state index in [-0.39, 0.29) is 0 Å². The van der Waals surface area contributed by atoms with Gasteiger partial charge in [-0.05, 0) is 19.9 Å². The van der Waals surface area contributed by atoms with Crippen molar-refractivity contribution in [3.8, 4) is 0 Å². The van der Waals surface area contributed by atoms with Crippen molar-refractivity contribution < 1.29 is 0 Å². The second-order valence-corrected chi connectivity index (χ2v) is 5.12. The first-order chi connectivity index (χ1) is 8.70. The molecule has 0 bridgehead atoms. The van der Waals surface area contributed by atoms with Crippen LogP contribution in [-0.2, 0) is 6.54 Å². The van der Waals surface area contributed by atoms with Gasteiger partial charge in [-0.3, -0.25) is 4.98 Å². The third kappa shape index (κ3) is 2.98. The Bertz CT molecular complexity index is 509. The summed E-state index contributed by atoms with van der Waals surface area (Å²) in [4.78, 5) is 12.0. The summed E-state index contributed by atoms with van der Waals surface area (Å²) in [6, 6.07) is 2.12. The number of nitrogens with one attached hydrogen (secondary N) is 1. The molecule has 0 radical (unpaired) electrons. The van der Waals surface area contributed by atoms with E-state index in [1.165, 1.54) is 4.88 Å². The number of hydrogen-bond donors (Lipinski definition) is 1. The van der Waals surface area contributed by atoms with Gasteiger partial charge in [-0.15, -0.1) is 11.3 Å². The van der Waals surface area contributed by atoms with Gasteiger partial charge in [0.15, 0.2) is 0 Å². The molecule has 2 aromatic rings. The van der Waals surface area contributed by atoms with Crippen LogP contribution in [0.3, 0.4) is 0 Å². The van der Waals surface area contributed by atoms with E-state index in [9.17, 15) is 0 Å². The van der Waals surface area contributed by atoms with Crippen molar-refractivity contribution in [1.82, 2.24) is 9.97 Å². The minimum absolute atomic E-state index is 0.869. The van der Waals surface area contributed by atoms with Crippen molar-refractivity contribution in [2.45, 2.75) is 20.4 Å². The van der Waals surface area contributed by atoms with Crippen molar-refractivity contribution in [3.63, 3.8) is 0 Å². The molecule has 0 aliphatic heterocycles. The van der Waals surface area contributed by atoms with Crippen LogP contribution in [-0.4, -0.2) is 23.6 Å². The zero-order valence-corrected chi connectivity index (χ0v) is 11.8. The number of nitrogens with zero attached hydrogens (tertiary/aromatic N) is 3. The van der Waals surface area contributed by atoms with E-state index >= 15 is 0 Å². The fourth-order valence-corrected chi connectivity index (χ4v) is 2.55. The number of hydrogen-bond acceptors (Lipinski definition) is 5. The zero-order chi connectivity index (χ0) is 13.0. The number of aromatic nitrogens is 2. The van der Waals surface area contributed by atoms with Gasteiger partial charge in [0.1, 0.15) is 0 Å². The second-order valence-electron chi connectivity index (χ2n) is 4.18. The maximum Gasteiger partial charge on any atom is 0.0798 e. The monoisotopic (exact) mass is 262 g/mol. The zero-order valence-electron chi connectivity index (χ0n) is 11.0. The van der Waals surface area contributed by atoms with Gasteiger partial charge in [0.05, 0.1) is 41.5 Å². The summed E-state index contributed by atoms with van der Waals surface area (Å²) in [6.45, 7) is 5.90. The number of aryl methyl sites for hydroxylation is 1. The molecule has 0 unspecified atom stereocenters. The summed E-state index contributed by atoms with van der Waals surface area (Å²) in [6.07, 6.45) is 3.73. The van der Waals surface area contributed by atoms with Crippen LogP contribution in [0.1, 0.15) is 17.5 Å². The van der Waals surface area contributed by atoms with Crippen LogP contribution in [0.2, 0.25) is 0 Å². The average Bonchev–Trinajstić information content (AvgIpc) is 2.76. The van der Waals surface area contributed by atoms with Crippen molar-refractivity contribution in [2.24, 2.45) is 0 Å². The van der Waals surface area contributed by atoms with Crippen LogP contribution in [0.4, 0.5) is 11.4 Å². The predicted molar refractivity (Wildman–Crippen MR) is 77.4 cm³/mol. The van der Waals surface area contributed by atoms with Gasteiger partial charge in [-0.2, -0.15) is 0 Å². The first kappa shape index (κ1) is 12.8. The summed E-state index contributed by atoms with van der Waals surface area (Å²) >= 11 is 1.70. The highest BCUT2D eigenvalue weighted by Crippen LogP contribution is 2.21. The number of anilines is 2. The van der Waals surface area contributed by atoms with Gasteiger partial charge in [-0.25, -0.2) is 4.98 Å². The minimum Gasteiger partial charge on any atom is -0.384 e. The van der Waals surface area contributed by atoms with Gasteiger partial charge < -0.3 is 10.2 Å².